The van der Waals surface area contributed by atoms with Crippen molar-refractivity contribution in [3.63, 3.8) is 0 Å². The van der Waals surface area contributed by atoms with E-state index in [2.05, 4.69) is 5.32 Å². The average Bonchev–Trinajstić information content (AvgIpc) is 2.89. The molecule has 3 amide bonds. The van der Waals surface area contributed by atoms with E-state index in [-0.39, 0.29) is 11.6 Å². The molecule has 142 valence electrons. The van der Waals surface area contributed by atoms with Gasteiger partial charge in [-0.15, -0.1) is 0 Å². The fourth-order valence-corrected chi connectivity index (χ4v) is 4.06. The Morgan fingerprint density at radius 2 is 1.96 bits per heavy atom. The maximum Gasteiger partial charge on any atom is 0.338 e. The van der Waals surface area contributed by atoms with Crippen LogP contribution in [0.5, 0.6) is 0 Å². The van der Waals surface area contributed by atoms with Crippen LogP contribution in [-0.4, -0.2) is 51.8 Å². The lowest BCUT2D eigenvalue weighted by Gasteiger charge is -2.22. The number of anilines is 1. The predicted molar refractivity (Wildman–Crippen MR) is 94.4 cm³/mol. The van der Waals surface area contributed by atoms with Gasteiger partial charge in [0, 0.05) is 13.1 Å². The maximum absolute atomic E-state index is 12.2. The average molecular weight is 383 g/mol. The summed E-state index contributed by atoms with van der Waals surface area (Å²) in [6, 6.07) is 3.60. The Kier molecular flexibility index (Phi) is 5.55. The van der Waals surface area contributed by atoms with E-state index in [9.17, 15) is 22.8 Å². The summed E-state index contributed by atoms with van der Waals surface area (Å²) in [6.45, 7) is 3.13. The molecule has 0 aromatic heterocycles. The van der Waals surface area contributed by atoms with Gasteiger partial charge < -0.3 is 10.1 Å². The number of esters is 1. The molecule has 1 aromatic rings. The molecule has 26 heavy (non-hydrogen) atoms. The second-order valence-electron chi connectivity index (χ2n) is 6.07. The van der Waals surface area contributed by atoms with E-state index in [4.69, 9.17) is 4.74 Å². The Labute approximate surface area is 151 Å². The van der Waals surface area contributed by atoms with Crippen molar-refractivity contribution in [2.24, 2.45) is 0 Å². The first-order valence-electron chi connectivity index (χ1n) is 7.90. The molecular formula is C16H21N3O6S. The van der Waals surface area contributed by atoms with Gasteiger partial charge >= 0.3 is 12.0 Å². The number of nitrogens with zero attached hydrogens (tertiary/aromatic N) is 1. The molecule has 2 unspecified atom stereocenters. The predicted octanol–water partition coefficient (Wildman–Crippen LogP) is 0.398. The van der Waals surface area contributed by atoms with Crippen molar-refractivity contribution in [3.8, 4) is 0 Å². The lowest BCUT2D eigenvalue weighted by Crippen LogP contribution is -2.43. The molecule has 2 atom stereocenters. The molecule has 2 rings (SSSR count). The fourth-order valence-electron chi connectivity index (χ4n) is 2.79. The highest BCUT2D eigenvalue weighted by Crippen LogP contribution is 2.34. The highest BCUT2D eigenvalue weighted by molar-refractivity contribution is 7.92. The summed E-state index contributed by atoms with van der Waals surface area (Å²) < 4.78 is 30.2. The third kappa shape index (κ3) is 4.13. The van der Waals surface area contributed by atoms with E-state index in [1.807, 2.05) is 5.32 Å². The van der Waals surface area contributed by atoms with Gasteiger partial charge in [0.15, 0.2) is 6.10 Å². The summed E-state index contributed by atoms with van der Waals surface area (Å²) in [6.07, 6.45) is 0.434. The van der Waals surface area contributed by atoms with Crippen molar-refractivity contribution in [2.45, 2.75) is 32.4 Å². The Balaban J connectivity index is 2.14. The van der Waals surface area contributed by atoms with Crippen LogP contribution >= 0.6 is 0 Å². The summed E-state index contributed by atoms with van der Waals surface area (Å²) in [5, 5.41) is 4.24. The Bertz CT molecular complexity index is 852. The molecule has 0 aliphatic carbocycles. The van der Waals surface area contributed by atoms with Crippen molar-refractivity contribution < 1.29 is 27.5 Å². The Morgan fingerprint density at radius 1 is 1.31 bits per heavy atom. The fraction of sp³-hybridized carbons (Fsp3) is 0.438. The van der Waals surface area contributed by atoms with Crippen LogP contribution < -0.4 is 14.9 Å². The van der Waals surface area contributed by atoms with E-state index in [1.54, 1.807) is 19.1 Å². The first-order valence-corrected chi connectivity index (χ1v) is 9.75. The molecular weight excluding hydrogens is 362 g/mol. The normalized spacial score (nSPS) is 17.2. The summed E-state index contributed by atoms with van der Waals surface area (Å²) in [5.74, 6) is -1.49. The summed E-state index contributed by atoms with van der Waals surface area (Å²) in [5.41, 5.74) is 1.44. The number of hydrogen-bond acceptors (Lipinski definition) is 6. The molecule has 1 aliphatic rings. The van der Waals surface area contributed by atoms with Crippen molar-refractivity contribution in [3.05, 3.63) is 29.3 Å². The van der Waals surface area contributed by atoms with Gasteiger partial charge in [-0.05, 0) is 44.0 Å². The van der Waals surface area contributed by atoms with Gasteiger partial charge in [0.05, 0.1) is 17.5 Å². The molecule has 1 aromatic carbocycles. The zero-order valence-electron chi connectivity index (χ0n) is 14.9. The SMILES string of the molecule is CNC(=O)NC(=O)C(C)OC(=O)c1ccc2c(c1)CC(C)N2S(C)(=O)=O. The minimum Gasteiger partial charge on any atom is -0.449 e. The Morgan fingerprint density at radius 3 is 2.54 bits per heavy atom. The highest BCUT2D eigenvalue weighted by atomic mass is 32.2. The van der Waals surface area contributed by atoms with Crippen molar-refractivity contribution >= 4 is 33.6 Å². The minimum atomic E-state index is -3.42. The number of hydrogen-bond donors (Lipinski definition) is 2. The molecule has 0 spiro atoms. The Hall–Kier alpha value is -2.62. The van der Waals surface area contributed by atoms with Crippen LogP contribution in [0.25, 0.3) is 0 Å². The lowest BCUT2D eigenvalue weighted by atomic mass is 10.1. The number of benzene rings is 1. The van der Waals surface area contributed by atoms with Crippen LogP contribution in [-0.2, 0) is 26.0 Å². The topological polar surface area (TPSA) is 122 Å². The number of sulfonamides is 1. The second kappa shape index (κ2) is 7.32. The quantitative estimate of drug-likeness (QED) is 0.726. The number of imide groups is 1. The zero-order chi connectivity index (χ0) is 19.6. The standard InChI is InChI=1S/C16H21N3O6S/c1-9-7-12-8-11(5-6-13(12)19(9)26(4,23)24)15(21)25-10(2)14(20)18-16(22)17-3/h5-6,8-10H,7H2,1-4H3,(H2,17,18,20,22). The van der Waals surface area contributed by atoms with Gasteiger partial charge in [-0.25, -0.2) is 18.0 Å². The van der Waals surface area contributed by atoms with Gasteiger partial charge in [-0.2, -0.15) is 0 Å². The highest BCUT2D eigenvalue weighted by Gasteiger charge is 2.33. The van der Waals surface area contributed by atoms with Crippen LogP contribution in [0.2, 0.25) is 0 Å². The van der Waals surface area contributed by atoms with E-state index in [0.717, 1.165) is 6.26 Å². The number of carbonyl (C=O) groups excluding carboxylic acids is 3. The summed E-state index contributed by atoms with van der Waals surface area (Å²) in [4.78, 5) is 35.1. The molecule has 2 N–H and O–H groups in total. The van der Waals surface area contributed by atoms with Crippen LogP contribution in [0, 0.1) is 0 Å². The first-order chi connectivity index (χ1) is 12.0. The van der Waals surface area contributed by atoms with E-state index < -0.39 is 34.0 Å². The minimum absolute atomic E-state index is 0.200. The number of rotatable bonds is 4. The number of urea groups is 1. The van der Waals surface area contributed by atoms with Crippen molar-refractivity contribution in [1.29, 1.82) is 0 Å². The lowest BCUT2D eigenvalue weighted by molar-refractivity contribution is -0.127. The number of amides is 3. The van der Waals surface area contributed by atoms with Crippen molar-refractivity contribution in [1.82, 2.24) is 10.6 Å². The maximum atomic E-state index is 12.2. The van der Waals surface area contributed by atoms with Crippen LogP contribution in [0.4, 0.5) is 10.5 Å². The number of ether oxygens (including phenoxy) is 1. The van der Waals surface area contributed by atoms with Crippen molar-refractivity contribution in [2.75, 3.05) is 17.6 Å². The van der Waals surface area contributed by atoms with Gasteiger partial charge in [-0.1, -0.05) is 0 Å². The third-order valence-electron chi connectivity index (χ3n) is 3.94. The van der Waals surface area contributed by atoms with E-state index in [1.165, 1.54) is 24.3 Å². The molecule has 1 heterocycles. The molecule has 10 heteroatoms. The molecule has 0 saturated carbocycles. The van der Waals surface area contributed by atoms with Crippen LogP contribution in [0.3, 0.4) is 0 Å². The molecule has 1 aliphatic heterocycles. The van der Waals surface area contributed by atoms with Crippen LogP contribution in [0.15, 0.2) is 18.2 Å². The largest absolute Gasteiger partial charge is 0.449 e. The second-order valence-corrected chi connectivity index (χ2v) is 7.93. The summed E-state index contributed by atoms with van der Waals surface area (Å²) in [7, 11) is -2.06. The number of fused-ring (bicyclic) bond motifs is 1. The molecule has 0 saturated heterocycles. The number of nitrogens with one attached hydrogen (secondary N) is 2. The van der Waals surface area contributed by atoms with Gasteiger partial charge in [0.2, 0.25) is 10.0 Å². The molecule has 0 radical (unpaired) electrons. The molecule has 0 bridgehead atoms. The van der Waals surface area contributed by atoms with Gasteiger partial charge in [0.1, 0.15) is 0 Å². The van der Waals surface area contributed by atoms with Gasteiger partial charge in [-0.3, -0.25) is 14.4 Å². The van der Waals surface area contributed by atoms with E-state index in [0.29, 0.717) is 17.7 Å². The zero-order valence-corrected chi connectivity index (χ0v) is 15.7. The summed E-state index contributed by atoms with van der Waals surface area (Å²) >= 11 is 0. The molecule has 9 nitrogen and oxygen atoms in total. The first kappa shape index (κ1) is 19.7. The van der Waals surface area contributed by atoms with E-state index >= 15 is 0 Å². The van der Waals surface area contributed by atoms with Gasteiger partial charge in [0.25, 0.3) is 5.91 Å². The van der Waals surface area contributed by atoms with Crippen LogP contribution in [0.1, 0.15) is 29.8 Å². The third-order valence-corrected chi connectivity index (χ3v) is 5.21. The molecule has 0 fully saturated rings. The number of carbonyl (C=O) groups is 3. The smallest absolute Gasteiger partial charge is 0.338 e. The monoisotopic (exact) mass is 383 g/mol.